The fraction of sp³-hybridized carbons (Fsp3) is 0.148. The van der Waals surface area contributed by atoms with E-state index in [1.54, 1.807) is 36.4 Å². The molecule has 1 aliphatic rings. The number of rotatable bonds is 7. The maximum atomic E-state index is 13.3. The molecule has 2 N–H and O–H groups in total. The van der Waals surface area contributed by atoms with E-state index in [1.807, 2.05) is 42.5 Å². The third-order valence-electron chi connectivity index (χ3n) is 5.48. The molecular weight excluding hydrogens is 462 g/mol. The van der Waals surface area contributed by atoms with E-state index >= 15 is 0 Å². The number of carbonyl (C=O) groups is 3. The predicted molar refractivity (Wildman–Crippen MR) is 135 cm³/mol. The zero-order valence-electron chi connectivity index (χ0n) is 19.8. The zero-order chi connectivity index (χ0) is 25.5. The summed E-state index contributed by atoms with van der Waals surface area (Å²) in [5.41, 5.74) is 3.03. The maximum absolute atomic E-state index is 13.3. The van der Waals surface area contributed by atoms with Crippen molar-refractivity contribution in [1.82, 2.24) is 0 Å². The molecule has 0 saturated carbocycles. The van der Waals surface area contributed by atoms with Crippen molar-refractivity contribution in [3.63, 3.8) is 0 Å². The number of methoxy groups -OCH3 is 2. The smallest absolute Gasteiger partial charge is 0.355 e. The van der Waals surface area contributed by atoms with Crippen molar-refractivity contribution in [1.29, 1.82) is 0 Å². The Balaban J connectivity index is 1.59. The first-order valence-corrected chi connectivity index (χ1v) is 11.1. The zero-order valence-corrected chi connectivity index (χ0v) is 19.8. The number of nitrogens with one attached hydrogen (secondary N) is 2. The minimum Gasteiger partial charge on any atom is -0.466 e. The molecule has 0 aliphatic carbocycles. The Kier molecular flexibility index (Phi) is 7.62. The normalized spacial score (nSPS) is 13.1. The van der Waals surface area contributed by atoms with Crippen LogP contribution in [0.15, 0.2) is 90.1 Å². The third-order valence-corrected chi connectivity index (χ3v) is 5.48. The van der Waals surface area contributed by atoms with Crippen LogP contribution in [0.1, 0.15) is 10.4 Å². The van der Waals surface area contributed by atoms with Crippen molar-refractivity contribution in [2.75, 3.05) is 43.1 Å². The monoisotopic (exact) mass is 487 g/mol. The first-order chi connectivity index (χ1) is 17.5. The molecule has 1 aliphatic heterocycles. The fourth-order valence-corrected chi connectivity index (χ4v) is 3.76. The van der Waals surface area contributed by atoms with Crippen molar-refractivity contribution in [3.05, 3.63) is 95.7 Å². The van der Waals surface area contributed by atoms with Crippen molar-refractivity contribution < 1.29 is 28.6 Å². The van der Waals surface area contributed by atoms with E-state index in [4.69, 9.17) is 14.2 Å². The Hall–Kier alpha value is -4.63. The summed E-state index contributed by atoms with van der Waals surface area (Å²) in [6, 6.07) is 23.7. The number of para-hydroxylation sites is 2. The highest BCUT2D eigenvalue weighted by atomic mass is 16.5. The molecule has 184 valence electrons. The molecule has 3 aromatic carbocycles. The van der Waals surface area contributed by atoms with Crippen LogP contribution < -0.4 is 15.5 Å². The summed E-state index contributed by atoms with van der Waals surface area (Å²) in [5.74, 6) is -1.86. The summed E-state index contributed by atoms with van der Waals surface area (Å²) in [6.07, 6.45) is 0. The number of hydrogen-bond acceptors (Lipinski definition) is 8. The van der Waals surface area contributed by atoms with Gasteiger partial charge in [0.2, 0.25) is 0 Å². The van der Waals surface area contributed by atoms with Crippen molar-refractivity contribution >= 4 is 40.6 Å². The van der Waals surface area contributed by atoms with Crippen LogP contribution >= 0.6 is 0 Å². The van der Waals surface area contributed by atoms with E-state index in [-0.39, 0.29) is 30.2 Å². The lowest BCUT2D eigenvalue weighted by atomic mass is 10.1. The van der Waals surface area contributed by atoms with Crippen LogP contribution in [0.4, 0.5) is 22.7 Å². The average Bonchev–Trinajstić information content (AvgIpc) is 2.93. The molecule has 0 fully saturated rings. The van der Waals surface area contributed by atoms with Gasteiger partial charge in [0.05, 0.1) is 37.7 Å². The molecule has 4 rings (SSSR count). The van der Waals surface area contributed by atoms with Gasteiger partial charge in [-0.05, 0) is 48.5 Å². The summed E-state index contributed by atoms with van der Waals surface area (Å²) in [5, 5.41) is 6.16. The Morgan fingerprint density at radius 2 is 1.39 bits per heavy atom. The number of anilines is 4. The molecule has 0 saturated heterocycles. The number of carbonyl (C=O) groups excluding carboxylic acids is 3. The number of benzene rings is 3. The van der Waals surface area contributed by atoms with Crippen LogP contribution in [-0.2, 0) is 23.8 Å². The van der Waals surface area contributed by atoms with Crippen LogP contribution in [0.2, 0.25) is 0 Å². The molecule has 36 heavy (non-hydrogen) atoms. The van der Waals surface area contributed by atoms with E-state index < -0.39 is 17.8 Å². The topological polar surface area (TPSA) is 106 Å². The van der Waals surface area contributed by atoms with Crippen molar-refractivity contribution in [2.24, 2.45) is 0 Å². The molecule has 0 radical (unpaired) electrons. The van der Waals surface area contributed by atoms with Crippen molar-refractivity contribution in [3.8, 4) is 0 Å². The Morgan fingerprint density at radius 3 is 2.08 bits per heavy atom. The third kappa shape index (κ3) is 5.37. The largest absolute Gasteiger partial charge is 0.466 e. The molecule has 0 unspecified atom stereocenters. The quantitative estimate of drug-likeness (QED) is 0.481. The van der Waals surface area contributed by atoms with Gasteiger partial charge in [-0.15, -0.1) is 0 Å². The molecule has 0 atom stereocenters. The van der Waals surface area contributed by atoms with Crippen LogP contribution in [0, 0.1) is 0 Å². The van der Waals surface area contributed by atoms with Gasteiger partial charge in [-0.1, -0.05) is 30.3 Å². The van der Waals surface area contributed by atoms with Crippen LogP contribution in [0.3, 0.4) is 0 Å². The van der Waals surface area contributed by atoms with E-state index in [0.29, 0.717) is 11.4 Å². The molecule has 0 spiro atoms. The van der Waals surface area contributed by atoms with Crippen LogP contribution in [-0.4, -0.2) is 45.4 Å². The molecule has 9 nitrogen and oxygen atoms in total. The van der Waals surface area contributed by atoms with E-state index in [2.05, 4.69) is 10.6 Å². The lowest BCUT2D eigenvalue weighted by Crippen LogP contribution is -2.39. The van der Waals surface area contributed by atoms with Crippen molar-refractivity contribution in [2.45, 2.75) is 0 Å². The van der Waals surface area contributed by atoms with Gasteiger partial charge in [0, 0.05) is 17.1 Å². The van der Waals surface area contributed by atoms with Crippen LogP contribution in [0.25, 0.3) is 0 Å². The van der Waals surface area contributed by atoms with E-state index in [0.717, 1.165) is 11.4 Å². The molecule has 3 aromatic rings. The second-order valence-electron chi connectivity index (χ2n) is 7.76. The van der Waals surface area contributed by atoms with Crippen LogP contribution in [0.5, 0.6) is 0 Å². The molecule has 9 heteroatoms. The SMILES string of the molecule is COC(=O)C1=C(C(=O)OC)N(c2ccccc2C(=O)Nc2ccc(Nc3ccccc3)cc2)COC1. The lowest BCUT2D eigenvalue weighted by molar-refractivity contribution is -0.140. The number of esters is 2. The van der Waals surface area contributed by atoms with Gasteiger partial charge >= 0.3 is 11.9 Å². The Morgan fingerprint density at radius 1 is 0.778 bits per heavy atom. The second-order valence-corrected chi connectivity index (χ2v) is 7.76. The first-order valence-electron chi connectivity index (χ1n) is 11.1. The van der Waals surface area contributed by atoms with Gasteiger partial charge in [-0.2, -0.15) is 0 Å². The average molecular weight is 488 g/mol. The van der Waals surface area contributed by atoms with E-state index in [1.165, 1.54) is 19.1 Å². The van der Waals surface area contributed by atoms with Gasteiger partial charge in [0.15, 0.2) is 0 Å². The summed E-state index contributed by atoms with van der Waals surface area (Å²) >= 11 is 0. The lowest BCUT2D eigenvalue weighted by Gasteiger charge is -2.32. The minimum atomic E-state index is -0.740. The number of amides is 1. The van der Waals surface area contributed by atoms with E-state index in [9.17, 15) is 14.4 Å². The van der Waals surface area contributed by atoms with Gasteiger partial charge < -0.3 is 29.7 Å². The molecule has 0 aromatic heterocycles. The summed E-state index contributed by atoms with van der Waals surface area (Å²) < 4.78 is 15.2. The number of ether oxygens (including phenoxy) is 3. The Labute approximate surface area is 208 Å². The maximum Gasteiger partial charge on any atom is 0.355 e. The summed E-state index contributed by atoms with van der Waals surface area (Å²) in [6.45, 7) is -0.180. The van der Waals surface area contributed by atoms with Gasteiger partial charge in [0.1, 0.15) is 12.4 Å². The first kappa shape index (κ1) is 24.5. The Bertz CT molecular complexity index is 1290. The summed E-state index contributed by atoms with van der Waals surface area (Å²) in [7, 11) is 2.43. The summed E-state index contributed by atoms with van der Waals surface area (Å²) in [4.78, 5) is 39.6. The molecule has 1 heterocycles. The standard InChI is InChI=1S/C27H25N3O6/c1-34-26(32)22-16-36-17-30(24(22)27(33)35-2)23-11-7-6-10-21(23)25(31)29-20-14-12-19(13-15-20)28-18-8-4-3-5-9-18/h3-15,28H,16-17H2,1-2H3,(H,29,31). The predicted octanol–water partition coefficient (Wildman–Crippen LogP) is 4.08. The number of nitrogens with zero attached hydrogens (tertiary/aromatic N) is 1. The van der Waals surface area contributed by atoms with Gasteiger partial charge in [-0.25, -0.2) is 9.59 Å². The van der Waals surface area contributed by atoms with Gasteiger partial charge in [0.25, 0.3) is 5.91 Å². The molecular formula is C27H25N3O6. The highest BCUT2D eigenvalue weighted by molar-refractivity contribution is 6.10. The molecule has 1 amide bonds. The second kappa shape index (κ2) is 11.2. The van der Waals surface area contributed by atoms with Gasteiger partial charge in [-0.3, -0.25) is 4.79 Å². The minimum absolute atomic E-state index is 0.00677. The highest BCUT2D eigenvalue weighted by Gasteiger charge is 2.34. The fourth-order valence-electron chi connectivity index (χ4n) is 3.76. The highest BCUT2D eigenvalue weighted by Crippen LogP contribution is 2.30. The molecule has 0 bridgehead atoms. The number of hydrogen-bond donors (Lipinski definition) is 2.